The Morgan fingerprint density at radius 1 is 0.971 bits per heavy atom. The van der Waals surface area contributed by atoms with Gasteiger partial charge in [0.15, 0.2) is 11.5 Å². The minimum absolute atomic E-state index is 0.159. The van der Waals surface area contributed by atoms with Crippen LogP contribution in [0.2, 0.25) is 0 Å². The van der Waals surface area contributed by atoms with Crippen molar-refractivity contribution in [2.24, 2.45) is 0 Å². The molecule has 0 aliphatic carbocycles. The number of carbonyl (C=O) groups excluding carboxylic acids is 1. The maximum atomic E-state index is 12.8. The van der Waals surface area contributed by atoms with Crippen LogP contribution < -0.4 is 14.2 Å². The third-order valence-corrected chi connectivity index (χ3v) is 6.41. The lowest BCUT2D eigenvalue weighted by atomic mass is 10.1. The molecule has 0 N–H and O–H groups in total. The molecule has 8 nitrogen and oxygen atoms in total. The van der Waals surface area contributed by atoms with Gasteiger partial charge in [-0.2, -0.15) is 0 Å². The third-order valence-electron chi connectivity index (χ3n) is 6.41. The molecule has 2 aliphatic rings. The summed E-state index contributed by atoms with van der Waals surface area (Å²) in [6, 6.07) is 13.8. The Bertz CT molecular complexity index is 1130. The number of amides is 1. The fourth-order valence-electron chi connectivity index (χ4n) is 4.31. The molecular weight excluding hydrogens is 434 g/mol. The Balaban J connectivity index is 1.08. The van der Waals surface area contributed by atoms with Gasteiger partial charge in [0.05, 0.1) is 17.7 Å². The molecule has 1 aromatic heterocycles. The number of ether oxygens (including phenoxy) is 3. The smallest absolute Gasteiger partial charge is 0.231 e. The first-order valence-corrected chi connectivity index (χ1v) is 11.6. The van der Waals surface area contributed by atoms with E-state index < -0.39 is 0 Å². The monoisotopic (exact) mass is 463 g/mol. The number of rotatable bonds is 7. The number of aromatic nitrogens is 1. The van der Waals surface area contributed by atoms with Gasteiger partial charge in [0, 0.05) is 32.7 Å². The van der Waals surface area contributed by atoms with Crippen LogP contribution in [0.1, 0.15) is 28.1 Å². The first-order valence-electron chi connectivity index (χ1n) is 11.6. The molecule has 0 spiro atoms. The van der Waals surface area contributed by atoms with Crippen LogP contribution in [-0.2, 0) is 24.4 Å². The van der Waals surface area contributed by atoms with E-state index >= 15 is 0 Å². The summed E-state index contributed by atoms with van der Waals surface area (Å²) in [6.07, 6.45) is 0.395. The molecule has 1 amide bonds. The first kappa shape index (κ1) is 22.3. The number of nitrogens with zero attached hydrogens (tertiary/aromatic N) is 3. The molecule has 0 atom stereocenters. The lowest BCUT2D eigenvalue weighted by Crippen LogP contribution is -2.48. The van der Waals surface area contributed by atoms with Crippen molar-refractivity contribution in [3.8, 4) is 17.2 Å². The summed E-state index contributed by atoms with van der Waals surface area (Å²) in [5.74, 6) is 3.31. The van der Waals surface area contributed by atoms with Crippen LogP contribution in [0.25, 0.3) is 0 Å². The Kier molecular flexibility index (Phi) is 6.40. The molecule has 3 aromatic rings. The predicted molar refractivity (Wildman–Crippen MR) is 125 cm³/mol. The number of hydrogen-bond donors (Lipinski definition) is 0. The van der Waals surface area contributed by atoms with Crippen molar-refractivity contribution >= 4 is 5.91 Å². The van der Waals surface area contributed by atoms with Crippen LogP contribution in [0.4, 0.5) is 0 Å². The second-order valence-electron chi connectivity index (χ2n) is 8.76. The summed E-state index contributed by atoms with van der Waals surface area (Å²) in [7, 11) is 0. The van der Waals surface area contributed by atoms with Crippen molar-refractivity contribution in [3.05, 3.63) is 70.6 Å². The predicted octanol–water partition coefficient (Wildman–Crippen LogP) is 3.49. The zero-order valence-corrected chi connectivity index (χ0v) is 19.6. The van der Waals surface area contributed by atoms with Crippen molar-refractivity contribution in [2.75, 3.05) is 33.0 Å². The van der Waals surface area contributed by atoms with Gasteiger partial charge in [-0.25, -0.2) is 0 Å². The molecule has 3 heterocycles. The fourth-order valence-corrected chi connectivity index (χ4v) is 4.31. The minimum atomic E-state index is 0.159. The number of benzene rings is 2. The molecule has 5 rings (SSSR count). The van der Waals surface area contributed by atoms with Crippen LogP contribution in [0.3, 0.4) is 0 Å². The van der Waals surface area contributed by atoms with Crippen molar-refractivity contribution in [2.45, 2.75) is 33.4 Å². The molecular formula is C26H29N3O5. The van der Waals surface area contributed by atoms with E-state index in [-0.39, 0.29) is 12.7 Å². The van der Waals surface area contributed by atoms with E-state index in [1.54, 1.807) is 0 Å². The summed E-state index contributed by atoms with van der Waals surface area (Å²) in [4.78, 5) is 17.2. The van der Waals surface area contributed by atoms with E-state index in [1.807, 2.05) is 55.1 Å². The van der Waals surface area contributed by atoms with Gasteiger partial charge in [0.1, 0.15) is 18.1 Å². The maximum Gasteiger partial charge on any atom is 0.231 e. The average molecular weight is 464 g/mol. The summed E-state index contributed by atoms with van der Waals surface area (Å²) in [5.41, 5.74) is 3.99. The zero-order chi connectivity index (χ0) is 23.5. The normalized spacial score (nSPS) is 15.5. The summed E-state index contributed by atoms with van der Waals surface area (Å²) < 4.78 is 21.9. The second kappa shape index (κ2) is 9.77. The first-order chi connectivity index (χ1) is 16.5. The van der Waals surface area contributed by atoms with Crippen LogP contribution in [0, 0.1) is 13.8 Å². The topological polar surface area (TPSA) is 77.3 Å². The molecule has 0 saturated carbocycles. The van der Waals surface area contributed by atoms with Crippen molar-refractivity contribution in [1.29, 1.82) is 0 Å². The minimum Gasteiger partial charge on any atom is -0.489 e. The highest BCUT2D eigenvalue weighted by molar-refractivity contribution is 5.79. The summed E-state index contributed by atoms with van der Waals surface area (Å²) in [6.45, 7) is 8.51. The van der Waals surface area contributed by atoms with Gasteiger partial charge in [-0.3, -0.25) is 9.69 Å². The SMILES string of the molecule is Cc1noc(C)c1COc1ccc(CC(=O)N2CCN(Cc3ccc4c(c3)OCO4)CC2)cc1. The van der Waals surface area contributed by atoms with Crippen LogP contribution >= 0.6 is 0 Å². The molecule has 0 bridgehead atoms. The van der Waals surface area contributed by atoms with Crippen molar-refractivity contribution < 1.29 is 23.5 Å². The molecule has 0 radical (unpaired) electrons. The molecule has 2 aromatic carbocycles. The van der Waals surface area contributed by atoms with E-state index in [4.69, 9.17) is 18.7 Å². The Morgan fingerprint density at radius 3 is 2.44 bits per heavy atom. The fraction of sp³-hybridized carbons (Fsp3) is 0.385. The largest absolute Gasteiger partial charge is 0.489 e. The van der Waals surface area contributed by atoms with Gasteiger partial charge in [0.25, 0.3) is 0 Å². The quantitative estimate of drug-likeness (QED) is 0.531. The van der Waals surface area contributed by atoms with E-state index in [0.29, 0.717) is 13.0 Å². The highest BCUT2D eigenvalue weighted by atomic mass is 16.7. The van der Waals surface area contributed by atoms with E-state index in [1.165, 1.54) is 5.56 Å². The van der Waals surface area contributed by atoms with Gasteiger partial charge in [-0.1, -0.05) is 23.4 Å². The van der Waals surface area contributed by atoms with E-state index in [9.17, 15) is 4.79 Å². The third kappa shape index (κ3) is 5.02. The number of hydrogen-bond acceptors (Lipinski definition) is 7. The van der Waals surface area contributed by atoms with Gasteiger partial charge in [-0.15, -0.1) is 0 Å². The average Bonchev–Trinajstić information content (AvgIpc) is 3.44. The maximum absolute atomic E-state index is 12.8. The van der Waals surface area contributed by atoms with Crippen molar-refractivity contribution in [3.63, 3.8) is 0 Å². The van der Waals surface area contributed by atoms with E-state index in [0.717, 1.165) is 72.6 Å². The van der Waals surface area contributed by atoms with Crippen LogP contribution in [-0.4, -0.2) is 53.8 Å². The number of aryl methyl sites for hydroxylation is 2. The van der Waals surface area contributed by atoms with Gasteiger partial charge < -0.3 is 23.6 Å². The Morgan fingerprint density at radius 2 is 1.71 bits per heavy atom. The molecule has 34 heavy (non-hydrogen) atoms. The van der Waals surface area contributed by atoms with Crippen LogP contribution in [0.15, 0.2) is 47.0 Å². The van der Waals surface area contributed by atoms with E-state index in [2.05, 4.69) is 16.1 Å². The molecule has 178 valence electrons. The lowest BCUT2D eigenvalue weighted by molar-refractivity contribution is -0.132. The van der Waals surface area contributed by atoms with Gasteiger partial charge in [-0.05, 0) is 49.2 Å². The van der Waals surface area contributed by atoms with Crippen molar-refractivity contribution in [1.82, 2.24) is 15.0 Å². The standard InChI is InChI=1S/C26H29N3O5/c1-18-23(19(2)34-27-18)16-31-22-6-3-20(4-7-22)14-26(30)29-11-9-28(10-12-29)15-21-5-8-24-25(13-21)33-17-32-24/h3-8,13H,9-12,14-17H2,1-2H3. The molecule has 1 saturated heterocycles. The molecule has 0 unspecified atom stereocenters. The number of piperazine rings is 1. The summed E-state index contributed by atoms with van der Waals surface area (Å²) in [5, 5.41) is 3.95. The number of fused-ring (bicyclic) bond motifs is 1. The second-order valence-corrected chi connectivity index (χ2v) is 8.76. The highest BCUT2D eigenvalue weighted by Gasteiger charge is 2.22. The molecule has 8 heteroatoms. The Hall–Kier alpha value is -3.52. The molecule has 2 aliphatic heterocycles. The van der Waals surface area contributed by atoms with Crippen LogP contribution in [0.5, 0.6) is 17.2 Å². The Labute approximate surface area is 199 Å². The summed E-state index contributed by atoms with van der Waals surface area (Å²) >= 11 is 0. The highest BCUT2D eigenvalue weighted by Crippen LogP contribution is 2.32. The van der Waals surface area contributed by atoms with Gasteiger partial charge >= 0.3 is 0 Å². The zero-order valence-electron chi connectivity index (χ0n) is 19.6. The number of carbonyl (C=O) groups is 1. The molecule has 1 fully saturated rings. The van der Waals surface area contributed by atoms with Gasteiger partial charge in [0.2, 0.25) is 12.7 Å². The lowest BCUT2D eigenvalue weighted by Gasteiger charge is -2.35.